The first kappa shape index (κ1) is 14.6. The zero-order valence-corrected chi connectivity index (χ0v) is 12.8. The Morgan fingerprint density at radius 3 is 2.47 bits per heavy atom. The van der Waals surface area contributed by atoms with Crippen LogP contribution in [-0.4, -0.2) is 39.8 Å². The molecule has 1 saturated heterocycles. The van der Waals surface area contributed by atoms with Crippen LogP contribution >= 0.6 is 35.8 Å². The second-order valence-corrected chi connectivity index (χ2v) is 6.35. The van der Waals surface area contributed by atoms with Gasteiger partial charge in [0.15, 0.2) is 0 Å². The Morgan fingerprint density at radius 2 is 1.89 bits per heavy atom. The molecule has 0 bridgehead atoms. The van der Waals surface area contributed by atoms with E-state index in [9.17, 15) is 0 Å². The van der Waals surface area contributed by atoms with Crippen LogP contribution in [0.15, 0.2) is 24.3 Å². The smallest absolute Gasteiger partial charge is 0.136 e. The SMILES string of the molecule is N#Cc1ccc(CSC(=S)N2CCN(Cl)CC2)cc1. The third kappa shape index (κ3) is 4.36. The Morgan fingerprint density at radius 1 is 1.26 bits per heavy atom. The zero-order chi connectivity index (χ0) is 13.7. The summed E-state index contributed by atoms with van der Waals surface area (Å²) in [5.74, 6) is 0.839. The Balaban J connectivity index is 1.81. The Bertz CT molecular complexity index is 476. The molecule has 2 rings (SSSR count). The van der Waals surface area contributed by atoms with Crippen molar-refractivity contribution in [2.75, 3.05) is 26.2 Å². The number of nitriles is 1. The molecule has 0 saturated carbocycles. The number of thiocarbonyl (C=S) groups is 1. The molecule has 1 aliphatic heterocycles. The molecule has 0 aliphatic carbocycles. The van der Waals surface area contributed by atoms with Gasteiger partial charge in [-0.1, -0.05) is 36.1 Å². The highest BCUT2D eigenvalue weighted by Crippen LogP contribution is 2.18. The van der Waals surface area contributed by atoms with E-state index in [0.29, 0.717) is 5.56 Å². The summed E-state index contributed by atoms with van der Waals surface area (Å²) in [6.07, 6.45) is 0. The number of thioether (sulfide) groups is 1. The highest BCUT2D eigenvalue weighted by atomic mass is 35.5. The summed E-state index contributed by atoms with van der Waals surface area (Å²) in [6.45, 7) is 3.48. The maximum absolute atomic E-state index is 8.74. The van der Waals surface area contributed by atoms with Crippen molar-refractivity contribution in [3.05, 3.63) is 35.4 Å². The fourth-order valence-electron chi connectivity index (χ4n) is 1.78. The van der Waals surface area contributed by atoms with Gasteiger partial charge in [0, 0.05) is 31.9 Å². The number of halogens is 1. The summed E-state index contributed by atoms with van der Waals surface area (Å²) < 4.78 is 2.72. The largest absolute Gasteiger partial charge is 0.355 e. The number of benzene rings is 1. The zero-order valence-electron chi connectivity index (χ0n) is 10.4. The van der Waals surface area contributed by atoms with Crippen molar-refractivity contribution in [1.82, 2.24) is 9.32 Å². The van der Waals surface area contributed by atoms with Crippen LogP contribution in [0, 0.1) is 11.3 Å². The van der Waals surface area contributed by atoms with Crippen molar-refractivity contribution in [2.45, 2.75) is 5.75 Å². The lowest BCUT2D eigenvalue weighted by Gasteiger charge is -2.32. The molecular formula is C13H14ClN3S2. The molecule has 1 heterocycles. The van der Waals surface area contributed by atoms with Crippen molar-refractivity contribution in [2.24, 2.45) is 0 Å². The highest BCUT2D eigenvalue weighted by Gasteiger charge is 2.17. The summed E-state index contributed by atoms with van der Waals surface area (Å²) >= 11 is 13.0. The molecule has 19 heavy (non-hydrogen) atoms. The predicted octanol–water partition coefficient (Wildman–Crippen LogP) is 2.85. The molecule has 0 radical (unpaired) electrons. The lowest BCUT2D eigenvalue weighted by Crippen LogP contribution is -2.43. The molecule has 0 spiro atoms. The summed E-state index contributed by atoms with van der Waals surface area (Å²) in [4.78, 5) is 2.20. The van der Waals surface area contributed by atoms with Gasteiger partial charge in [0.25, 0.3) is 0 Å². The van der Waals surface area contributed by atoms with Gasteiger partial charge in [-0.3, -0.25) is 0 Å². The second-order valence-electron chi connectivity index (χ2n) is 4.26. The van der Waals surface area contributed by atoms with Gasteiger partial charge in [-0.15, -0.1) is 0 Å². The molecule has 1 aromatic rings. The molecule has 0 unspecified atom stereocenters. The van der Waals surface area contributed by atoms with Crippen molar-refractivity contribution in [3.8, 4) is 6.07 Å². The predicted molar refractivity (Wildman–Crippen MR) is 84.0 cm³/mol. The standard InChI is InChI=1S/C13H14ClN3S2/c14-17-7-5-16(6-8-17)13(18)19-10-12-3-1-11(9-15)2-4-12/h1-4H,5-8,10H2. The van der Waals surface area contributed by atoms with E-state index in [0.717, 1.165) is 36.3 Å². The first-order valence-electron chi connectivity index (χ1n) is 6.00. The fraction of sp³-hybridized carbons (Fsp3) is 0.385. The van der Waals surface area contributed by atoms with Gasteiger partial charge in [0.1, 0.15) is 4.32 Å². The quantitative estimate of drug-likeness (QED) is 0.619. The number of rotatable bonds is 2. The van der Waals surface area contributed by atoms with Crippen molar-refractivity contribution in [1.29, 1.82) is 5.26 Å². The summed E-state index contributed by atoms with van der Waals surface area (Å²) in [6, 6.07) is 9.75. The maximum atomic E-state index is 8.74. The van der Waals surface area contributed by atoms with E-state index < -0.39 is 0 Å². The molecule has 1 aliphatic rings. The van der Waals surface area contributed by atoms with Crippen LogP contribution in [0.2, 0.25) is 0 Å². The summed E-state index contributed by atoms with van der Waals surface area (Å²) in [5.41, 5.74) is 1.87. The third-order valence-corrected chi connectivity index (χ3v) is 4.86. The highest BCUT2D eigenvalue weighted by molar-refractivity contribution is 8.22. The van der Waals surface area contributed by atoms with Crippen molar-refractivity contribution < 1.29 is 0 Å². The van der Waals surface area contributed by atoms with Gasteiger partial charge >= 0.3 is 0 Å². The van der Waals surface area contributed by atoms with E-state index >= 15 is 0 Å². The van der Waals surface area contributed by atoms with Crippen LogP contribution < -0.4 is 0 Å². The molecule has 1 aromatic carbocycles. The fourth-order valence-corrected chi connectivity index (χ4v) is 3.13. The molecule has 0 aromatic heterocycles. The van der Waals surface area contributed by atoms with E-state index in [4.69, 9.17) is 29.3 Å². The number of hydrogen-bond acceptors (Lipinski definition) is 4. The maximum Gasteiger partial charge on any atom is 0.136 e. The average Bonchev–Trinajstić information content (AvgIpc) is 2.46. The Hall–Kier alpha value is -0.800. The third-order valence-electron chi connectivity index (χ3n) is 2.93. The number of hydrogen-bond donors (Lipinski definition) is 0. The summed E-state index contributed by atoms with van der Waals surface area (Å²) in [7, 11) is 0. The molecule has 100 valence electrons. The monoisotopic (exact) mass is 311 g/mol. The minimum absolute atomic E-state index is 0.689. The van der Waals surface area contributed by atoms with E-state index in [1.165, 1.54) is 5.56 Å². The molecule has 0 atom stereocenters. The van der Waals surface area contributed by atoms with Crippen LogP contribution in [0.5, 0.6) is 0 Å². The summed E-state index contributed by atoms with van der Waals surface area (Å²) in [5, 5.41) is 8.74. The first-order chi connectivity index (χ1) is 9.19. The molecule has 0 amide bonds. The first-order valence-corrected chi connectivity index (χ1v) is 7.73. The topological polar surface area (TPSA) is 30.3 Å². The number of nitrogens with zero attached hydrogens (tertiary/aromatic N) is 3. The minimum Gasteiger partial charge on any atom is -0.355 e. The molecule has 3 nitrogen and oxygen atoms in total. The molecule has 1 fully saturated rings. The van der Waals surface area contributed by atoms with E-state index in [-0.39, 0.29) is 0 Å². The molecular weight excluding hydrogens is 298 g/mol. The van der Waals surface area contributed by atoms with Gasteiger partial charge in [0.2, 0.25) is 0 Å². The van der Waals surface area contributed by atoms with Crippen LogP contribution in [0.25, 0.3) is 0 Å². The van der Waals surface area contributed by atoms with Crippen LogP contribution in [0.3, 0.4) is 0 Å². The van der Waals surface area contributed by atoms with Gasteiger partial charge in [0.05, 0.1) is 11.6 Å². The average molecular weight is 312 g/mol. The van der Waals surface area contributed by atoms with Crippen LogP contribution in [0.1, 0.15) is 11.1 Å². The van der Waals surface area contributed by atoms with Gasteiger partial charge < -0.3 is 4.90 Å². The van der Waals surface area contributed by atoms with E-state index in [1.54, 1.807) is 16.2 Å². The lowest BCUT2D eigenvalue weighted by atomic mass is 10.2. The van der Waals surface area contributed by atoms with Gasteiger partial charge in [-0.2, -0.15) is 5.26 Å². The lowest BCUT2D eigenvalue weighted by molar-refractivity contribution is 0.281. The van der Waals surface area contributed by atoms with Crippen LogP contribution in [-0.2, 0) is 5.75 Å². The minimum atomic E-state index is 0.689. The van der Waals surface area contributed by atoms with Crippen molar-refractivity contribution >= 4 is 40.1 Å². The Labute approximate surface area is 128 Å². The van der Waals surface area contributed by atoms with Crippen molar-refractivity contribution in [3.63, 3.8) is 0 Å². The second kappa shape index (κ2) is 7.11. The van der Waals surface area contributed by atoms with Gasteiger partial charge in [-0.25, -0.2) is 4.42 Å². The normalized spacial score (nSPS) is 16.1. The van der Waals surface area contributed by atoms with E-state index in [1.807, 2.05) is 24.3 Å². The van der Waals surface area contributed by atoms with E-state index in [2.05, 4.69) is 11.0 Å². The number of piperazine rings is 1. The van der Waals surface area contributed by atoms with Gasteiger partial charge in [-0.05, 0) is 29.5 Å². The Kier molecular flexibility index (Phi) is 5.46. The molecule has 0 N–H and O–H groups in total. The molecule has 6 heteroatoms. The van der Waals surface area contributed by atoms with Crippen LogP contribution in [0.4, 0.5) is 0 Å².